The van der Waals surface area contributed by atoms with E-state index in [-0.39, 0.29) is 0 Å². The number of nitrogens with one attached hydrogen (secondary N) is 2. The zero-order valence-electron chi connectivity index (χ0n) is 15.7. The Hall–Kier alpha value is -3.13. The lowest BCUT2D eigenvalue weighted by Gasteiger charge is -2.35. The second-order valence-corrected chi connectivity index (χ2v) is 6.79. The highest BCUT2D eigenvalue weighted by atomic mass is 19.1. The molecule has 0 radical (unpaired) electrons. The summed E-state index contributed by atoms with van der Waals surface area (Å²) in [6.45, 7) is 3.59. The van der Waals surface area contributed by atoms with E-state index in [1.807, 2.05) is 24.3 Å². The lowest BCUT2D eigenvalue weighted by Crippen LogP contribution is -2.45. The minimum absolute atomic E-state index is 0.413. The van der Waals surface area contributed by atoms with E-state index in [0.29, 0.717) is 11.3 Å². The topological polar surface area (TPSA) is 90.7 Å². The molecule has 148 valence electrons. The largest absolute Gasteiger partial charge is 0.368 e. The van der Waals surface area contributed by atoms with Gasteiger partial charge in [-0.3, -0.25) is 4.79 Å². The maximum Gasteiger partial charge on any atom is 0.320 e. The van der Waals surface area contributed by atoms with Crippen LogP contribution < -0.4 is 21.3 Å². The van der Waals surface area contributed by atoms with Crippen LogP contribution in [0.1, 0.15) is 11.6 Å². The number of likely N-dealkylation sites (N-methyl/N-ethyl adjacent to an activating group) is 1. The summed E-state index contributed by atoms with van der Waals surface area (Å²) in [7, 11) is 2.08. The highest BCUT2D eigenvalue weighted by molar-refractivity contribution is 5.96. The molecule has 1 atom stereocenters. The Bertz CT molecular complexity index is 835. The fourth-order valence-corrected chi connectivity index (χ4v) is 3.17. The van der Waals surface area contributed by atoms with Crippen LogP contribution in [-0.2, 0) is 4.79 Å². The van der Waals surface area contributed by atoms with Gasteiger partial charge in [0.2, 0.25) is 5.91 Å². The lowest BCUT2D eigenvalue weighted by atomic mass is 10.1. The number of hydrogen-bond acceptors (Lipinski definition) is 4. The van der Waals surface area contributed by atoms with Gasteiger partial charge in [0.05, 0.1) is 11.4 Å². The molecule has 3 amide bonds. The van der Waals surface area contributed by atoms with Gasteiger partial charge in [-0.15, -0.1) is 0 Å². The minimum Gasteiger partial charge on any atom is -0.368 e. The molecule has 0 bridgehead atoms. The maximum absolute atomic E-state index is 13.1. The van der Waals surface area contributed by atoms with Gasteiger partial charge >= 0.3 is 6.03 Å². The average Bonchev–Trinajstić information content (AvgIpc) is 2.68. The molecule has 0 aliphatic carbocycles. The molecule has 0 saturated carbocycles. The van der Waals surface area contributed by atoms with E-state index in [4.69, 9.17) is 5.73 Å². The fourth-order valence-electron chi connectivity index (χ4n) is 3.17. The number of piperazine rings is 1. The number of benzene rings is 2. The van der Waals surface area contributed by atoms with Crippen LogP contribution in [0.25, 0.3) is 0 Å². The number of para-hydroxylation sites is 2. The SMILES string of the molecule is CN1CCN(c2ccccc2NC(=O)N[C@@H](C(N)=O)c2ccc(F)cc2)CC1. The summed E-state index contributed by atoms with van der Waals surface area (Å²) in [5, 5.41) is 5.36. The summed E-state index contributed by atoms with van der Waals surface area (Å²) in [6, 6.07) is 11.2. The van der Waals surface area contributed by atoms with E-state index in [0.717, 1.165) is 31.9 Å². The molecule has 3 rings (SSSR count). The van der Waals surface area contributed by atoms with Crippen molar-refractivity contribution in [2.45, 2.75) is 6.04 Å². The van der Waals surface area contributed by atoms with Gasteiger partial charge in [-0.2, -0.15) is 0 Å². The van der Waals surface area contributed by atoms with Crippen molar-refractivity contribution in [1.82, 2.24) is 10.2 Å². The molecule has 1 fully saturated rings. The lowest BCUT2D eigenvalue weighted by molar-refractivity contribution is -0.119. The molecule has 4 N–H and O–H groups in total. The minimum atomic E-state index is -1.06. The third kappa shape index (κ3) is 4.77. The Morgan fingerprint density at radius 1 is 1.04 bits per heavy atom. The number of anilines is 2. The van der Waals surface area contributed by atoms with E-state index >= 15 is 0 Å². The highest BCUT2D eigenvalue weighted by Crippen LogP contribution is 2.26. The summed E-state index contributed by atoms with van der Waals surface area (Å²) in [4.78, 5) is 28.8. The fraction of sp³-hybridized carbons (Fsp3) is 0.300. The Morgan fingerprint density at radius 2 is 1.68 bits per heavy atom. The van der Waals surface area contributed by atoms with Crippen molar-refractivity contribution in [2.75, 3.05) is 43.4 Å². The molecule has 0 aromatic heterocycles. The first-order valence-corrected chi connectivity index (χ1v) is 9.09. The highest BCUT2D eigenvalue weighted by Gasteiger charge is 2.22. The van der Waals surface area contributed by atoms with E-state index in [9.17, 15) is 14.0 Å². The number of amides is 3. The molecular formula is C20H24FN5O2. The Kier molecular flexibility index (Phi) is 6.10. The number of urea groups is 1. The van der Waals surface area contributed by atoms with Crippen LogP contribution in [0.3, 0.4) is 0 Å². The molecule has 0 spiro atoms. The molecule has 1 heterocycles. The first-order valence-electron chi connectivity index (χ1n) is 9.09. The number of carbonyl (C=O) groups is 2. The zero-order chi connectivity index (χ0) is 20.1. The third-order valence-corrected chi connectivity index (χ3v) is 4.76. The van der Waals surface area contributed by atoms with Crippen molar-refractivity contribution < 1.29 is 14.0 Å². The second kappa shape index (κ2) is 8.71. The van der Waals surface area contributed by atoms with Crippen LogP contribution in [0, 0.1) is 5.82 Å². The predicted molar refractivity (Wildman–Crippen MR) is 107 cm³/mol. The smallest absolute Gasteiger partial charge is 0.320 e. The molecule has 8 heteroatoms. The monoisotopic (exact) mass is 385 g/mol. The van der Waals surface area contributed by atoms with Gasteiger partial charge in [-0.1, -0.05) is 24.3 Å². The quantitative estimate of drug-likeness (QED) is 0.734. The summed E-state index contributed by atoms with van der Waals surface area (Å²) in [6.07, 6.45) is 0. The van der Waals surface area contributed by atoms with E-state index in [2.05, 4.69) is 27.5 Å². The van der Waals surface area contributed by atoms with Crippen LogP contribution >= 0.6 is 0 Å². The molecular weight excluding hydrogens is 361 g/mol. The maximum atomic E-state index is 13.1. The number of rotatable bonds is 5. The first kappa shape index (κ1) is 19.6. The van der Waals surface area contributed by atoms with Gasteiger partial charge in [0, 0.05) is 26.2 Å². The third-order valence-electron chi connectivity index (χ3n) is 4.76. The molecule has 2 aromatic carbocycles. The standard InChI is InChI=1S/C20H24FN5O2/c1-25-10-12-26(13-11-25)17-5-3-2-4-16(17)23-20(28)24-18(19(22)27)14-6-8-15(21)9-7-14/h2-9,18H,10-13H2,1H3,(H2,22,27)(H2,23,24,28)/t18-/m1/s1. The Balaban J connectivity index is 1.72. The number of primary amides is 1. The summed E-state index contributed by atoms with van der Waals surface area (Å²) >= 11 is 0. The summed E-state index contributed by atoms with van der Waals surface area (Å²) < 4.78 is 13.1. The molecule has 1 saturated heterocycles. The van der Waals surface area contributed by atoms with Crippen molar-refractivity contribution in [2.24, 2.45) is 5.73 Å². The van der Waals surface area contributed by atoms with Crippen molar-refractivity contribution in [3.8, 4) is 0 Å². The molecule has 1 aliphatic heterocycles. The van der Waals surface area contributed by atoms with E-state index < -0.39 is 23.8 Å². The summed E-state index contributed by atoms with van der Waals surface area (Å²) in [5.41, 5.74) is 7.40. The van der Waals surface area contributed by atoms with Crippen LogP contribution in [0.15, 0.2) is 48.5 Å². The molecule has 2 aromatic rings. The normalized spacial score (nSPS) is 15.7. The van der Waals surface area contributed by atoms with Crippen molar-refractivity contribution in [1.29, 1.82) is 0 Å². The van der Waals surface area contributed by atoms with Gasteiger partial charge in [0.25, 0.3) is 0 Å². The molecule has 28 heavy (non-hydrogen) atoms. The Labute approximate surface area is 163 Å². The molecule has 0 unspecified atom stereocenters. The second-order valence-electron chi connectivity index (χ2n) is 6.79. The van der Waals surface area contributed by atoms with Crippen LogP contribution in [-0.4, -0.2) is 50.1 Å². The van der Waals surface area contributed by atoms with Gasteiger partial charge in [-0.25, -0.2) is 9.18 Å². The first-order chi connectivity index (χ1) is 13.4. The zero-order valence-corrected chi connectivity index (χ0v) is 15.7. The van der Waals surface area contributed by atoms with Crippen molar-refractivity contribution in [3.05, 3.63) is 59.9 Å². The number of nitrogens with two attached hydrogens (primary N) is 1. The van der Waals surface area contributed by atoms with Crippen molar-refractivity contribution >= 4 is 23.3 Å². The van der Waals surface area contributed by atoms with Gasteiger partial charge in [0.15, 0.2) is 0 Å². The molecule has 1 aliphatic rings. The summed E-state index contributed by atoms with van der Waals surface area (Å²) in [5.74, 6) is -1.16. The van der Waals surface area contributed by atoms with Gasteiger partial charge in [-0.05, 0) is 36.9 Å². The number of halogens is 1. The predicted octanol–water partition coefficient (Wildman–Crippen LogP) is 1.93. The van der Waals surface area contributed by atoms with Gasteiger partial charge in [0.1, 0.15) is 11.9 Å². The van der Waals surface area contributed by atoms with Gasteiger partial charge < -0.3 is 26.2 Å². The van der Waals surface area contributed by atoms with Crippen molar-refractivity contribution in [3.63, 3.8) is 0 Å². The number of hydrogen-bond donors (Lipinski definition) is 3. The molecule has 7 nitrogen and oxygen atoms in total. The van der Waals surface area contributed by atoms with Crippen LogP contribution in [0.5, 0.6) is 0 Å². The number of carbonyl (C=O) groups excluding carboxylic acids is 2. The number of nitrogens with zero attached hydrogens (tertiary/aromatic N) is 2. The Morgan fingerprint density at radius 3 is 2.32 bits per heavy atom. The van der Waals surface area contributed by atoms with Crippen LogP contribution in [0.2, 0.25) is 0 Å². The van der Waals surface area contributed by atoms with Crippen LogP contribution in [0.4, 0.5) is 20.6 Å². The van der Waals surface area contributed by atoms with E-state index in [1.54, 1.807) is 0 Å². The van der Waals surface area contributed by atoms with E-state index in [1.165, 1.54) is 24.3 Å². The average molecular weight is 385 g/mol.